The van der Waals surface area contributed by atoms with Crippen LogP contribution in [0.15, 0.2) is 53.4 Å². The zero-order chi connectivity index (χ0) is 23.5. The van der Waals surface area contributed by atoms with Crippen LogP contribution in [0.5, 0.6) is 5.75 Å². The summed E-state index contributed by atoms with van der Waals surface area (Å²) in [4.78, 5) is 25.9. The minimum absolute atomic E-state index is 0.0559. The number of esters is 1. The summed E-state index contributed by atoms with van der Waals surface area (Å²) < 4.78 is 37.7. The SMILES string of the molecule is COC(=O)c1c(NC(=O)c2cccc(NS(=O)(=O)c3ccc(OC)cc3)c2)sc(C)c1C. The van der Waals surface area contributed by atoms with Crippen LogP contribution in [-0.4, -0.2) is 34.5 Å². The molecule has 0 bridgehead atoms. The van der Waals surface area contributed by atoms with Gasteiger partial charge in [0.05, 0.1) is 24.7 Å². The Bertz CT molecular complexity index is 1260. The number of anilines is 2. The summed E-state index contributed by atoms with van der Waals surface area (Å²) >= 11 is 1.27. The number of carbonyl (C=O) groups is 2. The van der Waals surface area contributed by atoms with Gasteiger partial charge in [-0.15, -0.1) is 11.3 Å². The van der Waals surface area contributed by atoms with E-state index in [2.05, 4.69) is 10.0 Å². The van der Waals surface area contributed by atoms with Crippen LogP contribution >= 0.6 is 11.3 Å². The number of methoxy groups -OCH3 is 2. The molecular formula is C22H22N2O6S2. The van der Waals surface area contributed by atoms with E-state index in [0.717, 1.165) is 10.4 Å². The first-order chi connectivity index (χ1) is 15.2. The number of aryl methyl sites for hydroxylation is 1. The number of ether oxygens (including phenoxy) is 2. The first-order valence-corrected chi connectivity index (χ1v) is 11.7. The lowest BCUT2D eigenvalue weighted by atomic mass is 10.1. The number of benzene rings is 2. The normalized spacial score (nSPS) is 11.0. The third kappa shape index (κ3) is 4.92. The average molecular weight is 475 g/mol. The van der Waals surface area contributed by atoms with Gasteiger partial charge >= 0.3 is 5.97 Å². The number of carbonyl (C=O) groups excluding carboxylic acids is 2. The quantitative estimate of drug-likeness (QED) is 0.496. The second kappa shape index (κ2) is 9.41. The number of hydrogen-bond donors (Lipinski definition) is 2. The fourth-order valence-electron chi connectivity index (χ4n) is 2.93. The first-order valence-electron chi connectivity index (χ1n) is 9.43. The summed E-state index contributed by atoms with van der Waals surface area (Å²) in [6.07, 6.45) is 0. The highest BCUT2D eigenvalue weighted by Gasteiger charge is 2.22. The van der Waals surface area contributed by atoms with Gasteiger partial charge in [0.1, 0.15) is 10.8 Å². The molecule has 10 heteroatoms. The van der Waals surface area contributed by atoms with Gasteiger partial charge in [0.2, 0.25) is 0 Å². The highest BCUT2D eigenvalue weighted by atomic mass is 32.2. The Labute approximate surface area is 190 Å². The van der Waals surface area contributed by atoms with E-state index in [1.807, 2.05) is 6.92 Å². The Kier molecular flexibility index (Phi) is 6.85. The molecule has 0 saturated carbocycles. The van der Waals surface area contributed by atoms with Crippen molar-refractivity contribution in [1.82, 2.24) is 0 Å². The lowest BCUT2D eigenvalue weighted by molar-refractivity contribution is 0.0601. The molecule has 2 aromatic carbocycles. The largest absolute Gasteiger partial charge is 0.497 e. The van der Waals surface area contributed by atoms with Gasteiger partial charge in [-0.25, -0.2) is 13.2 Å². The van der Waals surface area contributed by atoms with Gasteiger partial charge in [-0.05, 0) is 61.9 Å². The molecule has 32 heavy (non-hydrogen) atoms. The predicted molar refractivity (Wildman–Crippen MR) is 123 cm³/mol. The molecule has 8 nitrogen and oxygen atoms in total. The summed E-state index contributed by atoms with van der Waals surface area (Å²) in [7, 11) is -1.09. The van der Waals surface area contributed by atoms with Crippen molar-refractivity contribution in [3.8, 4) is 5.75 Å². The van der Waals surface area contributed by atoms with Crippen LogP contribution in [-0.2, 0) is 14.8 Å². The highest BCUT2D eigenvalue weighted by molar-refractivity contribution is 7.92. The summed E-state index contributed by atoms with van der Waals surface area (Å²) in [5, 5.41) is 3.10. The average Bonchev–Trinajstić information content (AvgIpc) is 3.06. The lowest BCUT2D eigenvalue weighted by Gasteiger charge is -2.11. The summed E-state index contributed by atoms with van der Waals surface area (Å²) in [6.45, 7) is 3.62. The van der Waals surface area contributed by atoms with Crippen molar-refractivity contribution in [2.24, 2.45) is 0 Å². The molecular weight excluding hydrogens is 452 g/mol. The first kappa shape index (κ1) is 23.3. The van der Waals surface area contributed by atoms with Crippen molar-refractivity contribution in [2.75, 3.05) is 24.3 Å². The third-order valence-electron chi connectivity index (χ3n) is 4.75. The molecule has 0 spiro atoms. The molecule has 0 aliphatic heterocycles. The van der Waals surface area contributed by atoms with E-state index in [0.29, 0.717) is 16.3 Å². The van der Waals surface area contributed by atoms with Gasteiger partial charge in [-0.2, -0.15) is 0 Å². The number of thiophene rings is 1. The zero-order valence-electron chi connectivity index (χ0n) is 17.9. The Morgan fingerprint density at radius 3 is 2.31 bits per heavy atom. The number of amides is 1. The number of nitrogens with one attached hydrogen (secondary N) is 2. The monoisotopic (exact) mass is 474 g/mol. The molecule has 0 fully saturated rings. The van der Waals surface area contributed by atoms with Gasteiger partial charge < -0.3 is 14.8 Å². The van der Waals surface area contributed by atoms with Crippen LogP contribution in [0, 0.1) is 13.8 Å². The lowest BCUT2D eigenvalue weighted by Crippen LogP contribution is -2.16. The molecule has 0 saturated heterocycles. The van der Waals surface area contributed by atoms with E-state index in [1.165, 1.54) is 49.8 Å². The third-order valence-corrected chi connectivity index (χ3v) is 7.27. The van der Waals surface area contributed by atoms with E-state index < -0.39 is 21.9 Å². The van der Waals surface area contributed by atoms with E-state index in [1.54, 1.807) is 31.2 Å². The van der Waals surface area contributed by atoms with E-state index in [9.17, 15) is 18.0 Å². The van der Waals surface area contributed by atoms with Crippen molar-refractivity contribution in [3.05, 3.63) is 70.1 Å². The van der Waals surface area contributed by atoms with Gasteiger partial charge in [0.15, 0.2) is 0 Å². The van der Waals surface area contributed by atoms with Crippen molar-refractivity contribution in [1.29, 1.82) is 0 Å². The van der Waals surface area contributed by atoms with Crippen LogP contribution in [0.25, 0.3) is 0 Å². The van der Waals surface area contributed by atoms with E-state index in [-0.39, 0.29) is 16.1 Å². The van der Waals surface area contributed by atoms with Gasteiger partial charge in [0.25, 0.3) is 15.9 Å². The van der Waals surface area contributed by atoms with Gasteiger partial charge in [0, 0.05) is 16.1 Å². The molecule has 1 amide bonds. The van der Waals surface area contributed by atoms with Crippen LogP contribution in [0.4, 0.5) is 10.7 Å². The molecule has 168 valence electrons. The minimum Gasteiger partial charge on any atom is -0.497 e. The van der Waals surface area contributed by atoms with E-state index >= 15 is 0 Å². The van der Waals surface area contributed by atoms with Gasteiger partial charge in [-0.1, -0.05) is 6.07 Å². The van der Waals surface area contributed by atoms with Crippen molar-refractivity contribution in [2.45, 2.75) is 18.7 Å². The molecule has 0 unspecified atom stereocenters. The topological polar surface area (TPSA) is 111 Å². The van der Waals surface area contributed by atoms with Crippen LogP contribution in [0.1, 0.15) is 31.2 Å². The molecule has 3 aromatic rings. The number of hydrogen-bond acceptors (Lipinski definition) is 7. The van der Waals surface area contributed by atoms with Crippen molar-refractivity contribution < 1.29 is 27.5 Å². The molecule has 0 atom stereocenters. The fraction of sp³-hybridized carbons (Fsp3) is 0.182. The standard InChI is InChI=1S/C22H22N2O6S2/c1-13-14(2)31-21(19(13)22(26)30-4)23-20(25)15-6-5-7-16(12-15)24-32(27,28)18-10-8-17(29-3)9-11-18/h5-12,24H,1-4H3,(H,23,25). The molecule has 3 rings (SSSR count). The molecule has 2 N–H and O–H groups in total. The number of rotatable bonds is 7. The maximum Gasteiger partial charge on any atom is 0.341 e. The molecule has 1 aromatic heterocycles. The second-order valence-electron chi connectivity index (χ2n) is 6.79. The predicted octanol–water partition coefficient (Wildman–Crippen LogP) is 4.21. The van der Waals surface area contributed by atoms with Crippen molar-refractivity contribution in [3.63, 3.8) is 0 Å². The maximum atomic E-state index is 12.8. The van der Waals surface area contributed by atoms with Gasteiger partial charge in [-0.3, -0.25) is 9.52 Å². The minimum atomic E-state index is -3.86. The van der Waals surface area contributed by atoms with Crippen LogP contribution in [0.2, 0.25) is 0 Å². The number of sulfonamides is 1. The van der Waals surface area contributed by atoms with E-state index in [4.69, 9.17) is 9.47 Å². The van der Waals surface area contributed by atoms with Crippen molar-refractivity contribution >= 4 is 43.9 Å². The summed E-state index contributed by atoms with van der Waals surface area (Å²) in [5.41, 5.74) is 1.48. The summed E-state index contributed by atoms with van der Waals surface area (Å²) in [6, 6.07) is 12.0. The molecule has 0 radical (unpaired) electrons. The fourth-order valence-corrected chi connectivity index (χ4v) is 5.02. The highest BCUT2D eigenvalue weighted by Crippen LogP contribution is 2.33. The van der Waals surface area contributed by atoms with Crippen LogP contribution < -0.4 is 14.8 Å². The van der Waals surface area contributed by atoms with Crippen LogP contribution in [0.3, 0.4) is 0 Å². The Morgan fingerprint density at radius 2 is 1.69 bits per heavy atom. The maximum absolute atomic E-state index is 12.8. The molecule has 0 aliphatic carbocycles. The Morgan fingerprint density at radius 1 is 1.00 bits per heavy atom. The Hall–Kier alpha value is -3.37. The molecule has 0 aliphatic rings. The molecule has 1 heterocycles. The zero-order valence-corrected chi connectivity index (χ0v) is 19.5. The Balaban J connectivity index is 1.82. The summed E-state index contributed by atoms with van der Waals surface area (Å²) in [5.74, 6) is -0.488. The second-order valence-corrected chi connectivity index (χ2v) is 9.70. The smallest absolute Gasteiger partial charge is 0.341 e.